The molecule has 1 aromatic heterocycles. The van der Waals surface area contributed by atoms with Gasteiger partial charge in [0.25, 0.3) is 0 Å². The van der Waals surface area contributed by atoms with Crippen molar-refractivity contribution in [2.45, 2.75) is 18.9 Å². The van der Waals surface area contributed by atoms with E-state index in [9.17, 15) is 9.90 Å². The third-order valence-corrected chi connectivity index (χ3v) is 4.07. The first-order chi connectivity index (χ1) is 10.2. The van der Waals surface area contributed by atoms with Crippen molar-refractivity contribution in [2.75, 3.05) is 13.2 Å². The molecule has 112 valence electrons. The van der Waals surface area contributed by atoms with Crippen LogP contribution in [0.4, 0.5) is 4.79 Å². The molecule has 0 spiro atoms. The van der Waals surface area contributed by atoms with Crippen LogP contribution in [0.15, 0.2) is 47.2 Å². The Kier molecular flexibility index (Phi) is 5.78. The molecule has 3 N–H and O–H groups in total. The number of hydrogen-bond donors (Lipinski definition) is 3. The molecule has 2 rings (SSSR count). The van der Waals surface area contributed by atoms with Crippen LogP contribution < -0.4 is 10.6 Å². The monoisotopic (exact) mass is 304 g/mol. The van der Waals surface area contributed by atoms with E-state index in [-0.39, 0.29) is 24.6 Å². The number of benzene rings is 1. The summed E-state index contributed by atoms with van der Waals surface area (Å²) in [5.41, 5.74) is 2.11. The molecule has 21 heavy (non-hydrogen) atoms. The van der Waals surface area contributed by atoms with Gasteiger partial charge in [-0.25, -0.2) is 4.79 Å². The number of rotatable bonds is 6. The lowest BCUT2D eigenvalue weighted by atomic mass is 10.1. The highest BCUT2D eigenvalue weighted by molar-refractivity contribution is 7.07. The maximum absolute atomic E-state index is 11.9. The van der Waals surface area contributed by atoms with Gasteiger partial charge in [-0.15, -0.1) is 0 Å². The molecule has 0 radical (unpaired) electrons. The molecule has 0 bridgehead atoms. The van der Waals surface area contributed by atoms with Gasteiger partial charge in [0.15, 0.2) is 0 Å². The molecule has 0 fully saturated rings. The Morgan fingerprint density at radius 1 is 1.24 bits per heavy atom. The van der Waals surface area contributed by atoms with Crippen molar-refractivity contribution >= 4 is 17.4 Å². The zero-order valence-corrected chi connectivity index (χ0v) is 12.8. The van der Waals surface area contributed by atoms with E-state index < -0.39 is 0 Å². The highest BCUT2D eigenvalue weighted by atomic mass is 32.1. The summed E-state index contributed by atoms with van der Waals surface area (Å²) in [6.07, 6.45) is 0. The third-order valence-electron chi connectivity index (χ3n) is 3.37. The van der Waals surface area contributed by atoms with E-state index in [2.05, 4.69) is 29.0 Å². The smallest absolute Gasteiger partial charge is 0.315 e. The van der Waals surface area contributed by atoms with Crippen LogP contribution in [0.1, 0.15) is 30.0 Å². The third kappa shape index (κ3) is 4.58. The van der Waals surface area contributed by atoms with Gasteiger partial charge in [-0.3, -0.25) is 0 Å². The SMILES string of the molecule is C[C@@H](CNC(=O)N[C@H](CO)c1ccccc1)c1ccsc1. The number of thiophene rings is 1. The largest absolute Gasteiger partial charge is 0.394 e. The van der Waals surface area contributed by atoms with Gasteiger partial charge < -0.3 is 15.7 Å². The topological polar surface area (TPSA) is 61.4 Å². The van der Waals surface area contributed by atoms with Crippen molar-refractivity contribution in [3.05, 3.63) is 58.3 Å². The lowest BCUT2D eigenvalue weighted by Gasteiger charge is -2.18. The standard InChI is InChI=1S/C16H20N2O2S/c1-12(14-7-8-21-11-14)9-17-16(20)18-15(10-19)13-5-3-2-4-6-13/h2-8,11-12,15,19H,9-10H2,1H3,(H2,17,18,20)/t12-,15+/m0/s1. The average molecular weight is 304 g/mol. The zero-order chi connectivity index (χ0) is 15.1. The number of aliphatic hydroxyl groups is 1. The molecular weight excluding hydrogens is 284 g/mol. The molecule has 1 aromatic carbocycles. The molecule has 5 heteroatoms. The van der Waals surface area contributed by atoms with Gasteiger partial charge in [0.05, 0.1) is 12.6 Å². The Morgan fingerprint density at radius 3 is 2.62 bits per heavy atom. The highest BCUT2D eigenvalue weighted by Crippen LogP contribution is 2.17. The van der Waals surface area contributed by atoms with E-state index in [4.69, 9.17) is 0 Å². The number of hydrogen-bond acceptors (Lipinski definition) is 3. The highest BCUT2D eigenvalue weighted by Gasteiger charge is 2.14. The first-order valence-corrected chi connectivity index (χ1v) is 7.87. The molecule has 1 heterocycles. The lowest BCUT2D eigenvalue weighted by molar-refractivity contribution is 0.216. The summed E-state index contributed by atoms with van der Waals surface area (Å²) in [6, 6.07) is 10.9. The lowest BCUT2D eigenvalue weighted by Crippen LogP contribution is -2.40. The zero-order valence-electron chi connectivity index (χ0n) is 12.0. The molecular formula is C16H20N2O2S. The van der Waals surface area contributed by atoms with Crippen LogP contribution in [0.5, 0.6) is 0 Å². The van der Waals surface area contributed by atoms with Gasteiger partial charge in [0.2, 0.25) is 0 Å². The average Bonchev–Trinajstić information content (AvgIpc) is 3.05. The van der Waals surface area contributed by atoms with E-state index in [1.54, 1.807) is 11.3 Å². The summed E-state index contributed by atoms with van der Waals surface area (Å²) in [4.78, 5) is 11.9. The summed E-state index contributed by atoms with van der Waals surface area (Å²) in [6.45, 7) is 2.51. The number of urea groups is 1. The molecule has 2 amide bonds. The minimum absolute atomic E-state index is 0.127. The van der Waals surface area contributed by atoms with E-state index in [1.165, 1.54) is 5.56 Å². The molecule has 0 aliphatic heterocycles. The quantitative estimate of drug-likeness (QED) is 0.768. The number of carbonyl (C=O) groups excluding carboxylic acids is 1. The maximum atomic E-state index is 11.9. The molecule has 4 nitrogen and oxygen atoms in total. The van der Waals surface area contributed by atoms with Gasteiger partial charge in [-0.2, -0.15) is 11.3 Å². The molecule has 0 aliphatic rings. The van der Waals surface area contributed by atoms with E-state index >= 15 is 0 Å². The van der Waals surface area contributed by atoms with Crippen LogP contribution in [-0.4, -0.2) is 24.3 Å². The number of amides is 2. The normalized spacial score (nSPS) is 13.4. The molecule has 0 saturated carbocycles. The minimum Gasteiger partial charge on any atom is -0.394 e. The first kappa shape index (κ1) is 15.5. The van der Waals surface area contributed by atoms with Crippen molar-refractivity contribution in [3.63, 3.8) is 0 Å². The Morgan fingerprint density at radius 2 is 2.00 bits per heavy atom. The molecule has 2 aromatic rings. The van der Waals surface area contributed by atoms with Crippen LogP contribution in [0, 0.1) is 0 Å². The summed E-state index contributed by atoms with van der Waals surface area (Å²) in [5, 5.41) is 19.2. The van der Waals surface area contributed by atoms with E-state index in [1.807, 2.05) is 35.7 Å². The number of nitrogens with one attached hydrogen (secondary N) is 2. The van der Waals surface area contributed by atoms with Gasteiger partial charge >= 0.3 is 6.03 Å². The Balaban J connectivity index is 1.83. The van der Waals surface area contributed by atoms with Gasteiger partial charge in [-0.05, 0) is 33.9 Å². The summed E-state index contributed by atoms with van der Waals surface area (Å²) >= 11 is 1.65. The minimum atomic E-state index is -0.386. The van der Waals surface area contributed by atoms with Crippen molar-refractivity contribution < 1.29 is 9.90 Å². The first-order valence-electron chi connectivity index (χ1n) is 6.93. The predicted octanol–water partition coefficient (Wildman–Crippen LogP) is 2.88. The summed E-state index contributed by atoms with van der Waals surface area (Å²) in [5.74, 6) is 0.270. The van der Waals surface area contributed by atoms with Crippen molar-refractivity contribution in [2.24, 2.45) is 0 Å². The fraction of sp³-hybridized carbons (Fsp3) is 0.312. The van der Waals surface area contributed by atoms with Crippen molar-refractivity contribution in [1.29, 1.82) is 0 Å². The van der Waals surface area contributed by atoms with Crippen LogP contribution in [-0.2, 0) is 0 Å². The van der Waals surface area contributed by atoms with E-state index in [0.717, 1.165) is 5.56 Å². The van der Waals surface area contributed by atoms with Crippen LogP contribution in [0.3, 0.4) is 0 Å². The van der Waals surface area contributed by atoms with Crippen LogP contribution in [0.2, 0.25) is 0 Å². The van der Waals surface area contributed by atoms with Crippen LogP contribution >= 0.6 is 11.3 Å². The Bertz CT molecular complexity index is 543. The second-order valence-corrected chi connectivity index (χ2v) is 5.74. The fourth-order valence-electron chi connectivity index (χ4n) is 2.05. The Labute approximate surface area is 128 Å². The van der Waals surface area contributed by atoms with Crippen LogP contribution in [0.25, 0.3) is 0 Å². The molecule has 2 atom stereocenters. The Hall–Kier alpha value is -1.85. The molecule has 0 aliphatic carbocycles. The maximum Gasteiger partial charge on any atom is 0.315 e. The summed E-state index contributed by atoms with van der Waals surface area (Å²) < 4.78 is 0. The van der Waals surface area contributed by atoms with Gasteiger partial charge in [-0.1, -0.05) is 37.3 Å². The second-order valence-electron chi connectivity index (χ2n) is 4.96. The van der Waals surface area contributed by atoms with E-state index in [0.29, 0.717) is 6.54 Å². The van der Waals surface area contributed by atoms with Crippen molar-refractivity contribution in [1.82, 2.24) is 10.6 Å². The van der Waals surface area contributed by atoms with Gasteiger partial charge in [0, 0.05) is 6.54 Å². The van der Waals surface area contributed by atoms with Crippen molar-refractivity contribution in [3.8, 4) is 0 Å². The number of carbonyl (C=O) groups is 1. The second kappa shape index (κ2) is 7.81. The van der Waals surface area contributed by atoms with Gasteiger partial charge in [0.1, 0.15) is 0 Å². The molecule has 0 unspecified atom stereocenters. The molecule has 0 saturated heterocycles. The predicted molar refractivity (Wildman–Crippen MR) is 85.5 cm³/mol. The number of aliphatic hydroxyl groups excluding tert-OH is 1. The summed E-state index contributed by atoms with van der Waals surface area (Å²) in [7, 11) is 0. The fourth-order valence-corrected chi connectivity index (χ4v) is 2.83.